The van der Waals surface area contributed by atoms with Crippen molar-refractivity contribution in [2.75, 3.05) is 6.54 Å². The number of halogens is 1. The molecule has 20 heavy (non-hydrogen) atoms. The first-order valence-corrected chi connectivity index (χ1v) is 8.29. The number of imidazole rings is 1. The zero-order valence-corrected chi connectivity index (χ0v) is 14.2. The number of rotatable bonds is 7. The van der Waals surface area contributed by atoms with Crippen LogP contribution in [-0.2, 0) is 13.0 Å². The predicted octanol–water partition coefficient (Wildman–Crippen LogP) is 4.14. The van der Waals surface area contributed by atoms with E-state index in [4.69, 9.17) is 4.98 Å². The molecule has 0 spiro atoms. The summed E-state index contributed by atoms with van der Waals surface area (Å²) in [6.07, 6.45) is 3.30. The quantitative estimate of drug-likeness (QED) is 0.769. The molecule has 0 saturated carbocycles. The van der Waals surface area contributed by atoms with Gasteiger partial charge in [0.05, 0.1) is 11.0 Å². The van der Waals surface area contributed by atoms with Crippen molar-refractivity contribution in [2.24, 2.45) is 0 Å². The van der Waals surface area contributed by atoms with E-state index in [-0.39, 0.29) is 0 Å². The number of aromatic nitrogens is 2. The summed E-state index contributed by atoms with van der Waals surface area (Å²) >= 11 is 3.53. The maximum atomic E-state index is 4.81. The Balaban J connectivity index is 2.16. The van der Waals surface area contributed by atoms with Crippen LogP contribution in [0.25, 0.3) is 11.0 Å². The van der Waals surface area contributed by atoms with Gasteiger partial charge in [0, 0.05) is 23.5 Å². The first-order chi connectivity index (χ1) is 9.61. The summed E-state index contributed by atoms with van der Waals surface area (Å²) in [5, 5.41) is 3.47. The summed E-state index contributed by atoms with van der Waals surface area (Å²) in [4.78, 5) is 4.81. The Kier molecular flexibility index (Phi) is 5.61. The van der Waals surface area contributed by atoms with E-state index < -0.39 is 0 Å². The molecule has 1 heterocycles. The van der Waals surface area contributed by atoms with Gasteiger partial charge in [0.15, 0.2) is 0 Å². The van der Waals surface area contributed by atoms with Gasteiger partial charge in [-0.25, -0.2) is 4.98 Å². The fourth-order valence-corrected chi connectivity index (χ4v) is 2.80. The maximum Gasteiger partial charge on any atom is 0.109 e. The average Bonchev–Trinajstić information content (AvgIpc) is 2.72. The van der Waals surface area contributed by atoms with Gasteiger partial charge < -0.3 is 9.88 Å². The summed E-state index contributed by atoms with van der Waals surface area (Å²) in [6.45, 7) is 8.68. The van der Waals surface area contributed by atoms with Gasteiger partial charge in [0.2, 0.25) is 0 Å². The summed E-state index contributed by atoms with van der Waals surface area (Å²) in [6, 6.07) is 6.93. The molecule has 0 aliphatic carbocycles. The van der Waals surface area contributed by atoms with E-state index in [0.29, 0.717) is 6.04 Å². The Hall–Kier alpha value is -0.870. The Morgan fingerprint density at radius 3 is 2.85 bits per heavy atom. The van der Waals surface area contributed by atoms with E-state index in [2.05, 4.69) is 64.8 Å². The van der Waals surface area contributed by atoms with Crippen LogP contribution in [0.15, 0.2) is 22.7 Å². The monoisotopic (exact) mass is 337 g/mol. The number of benzene rings is 1. The molecular formula is C16H24BrN3. The van der Waals surface area contributed by atoms with Gasteiger partial charge in [-0.3, -0.25) is 0 Å². The Morgan fingerprint density at radius 1 is 1.35 bits per heavy atom. The molecule has 0 atom stereocenters. The molecule has 0 aliphatic rings. The minimum absolute atomic E-state index is 0.556. The fraction of sp³-hybridized carbons (Fsp3) is 0.562. The Morgan fingerprint density at radius 2 is 2.15 bits per heavy atom. The van der Waals surface area contributed by atoms with Crippen LogP contribution in [-0.4, -0.2) is 22.1 Å². The van der Waals surface area contributed by atoms with Crippen LogP contribution >= 0.6 is 15.9 Å². The summed E-state index contributed by atoms with van der Waals surface area (Å²) < 4.78 is 3.47. The van der Waals surface area contributed by atoms with E-state index in [9.17, 15) is 0 Å². The lowest BCUT2D eigenvalue weighted by Crippen LogP contribution is -2.24. The first kappa shape index (κ1) is 15.5. The number of fused-ring (bicyclic) bond motifs is 1. The highest BCUT2D eigenvalue weighted by Crippen LogP contribution is 2.22. The summed E-state index contributed by atoms with van der Waals surface area (Å²) in [7, 11) is 0. The van der Waals surface area contributed by atoms with Gasteiger partial charge in [0.1, 0.15) is 5.82 Å². The molecule has 0 amide bonds. The molecule has 0 bridgehead atoms. The lowest BCUT2D eigenvalue weighted by atomic mass is 10.2. The fourth-order valence-electron chi connectivity index (χ4n) is 2.45. The number of nitrogens with one attached hydrogen (secondary N) is 1. The third-order valence-corrected chi connectivity index (χ3v) is 3.86. The minimum Gasteiger partial charge on any atom is -0.328 e. The minimum atomic E-state index is 0.556. The first-order valence-electron chi connectivity index (χ1n) is 7.50. The Labute approximate surface area is 129 Å². The molecule has 4 heteroatoms. The van der Waals surface area contributed by atoms with E-state index in [1.54, 1.807) is 0 Å². The van der Waals surface area contributed by atoms with Crippen molar-refractivity contribution in [3.8, 4) is 0 Å². The standard InChI is InChI=1S/C16H24BrN3/c1-4-10-20-15-8-7-13(17)11-14(15)19-16(20)6-5-9-18-12(2)3/h7-8,11-12,18H,4-6,9-10H2,1-3H3. The van der Waals surface area contributed by atoms with Crippen molar-refractivity contribution in [3.63, 3.8) is 0 Å². The number of hydrogen-bond acceptors (Lipinski definition) is 2. The highest BCUT2D eigenvalue weighted by Gasteiger charge is 2.10. The number of aryl methyl sites for hydroxylation is 2. The van der Waals surface area contributed by atoms with Crippen LogP contribution in [0.5, 0.6) is 0 Å². The van der Waals surface area contributed by atoms with Crippen LogP contribution < -0.4 is 5.32 Å². The van der Waals surface area contributed by atoms with E-state index in [0.717, 1.165) is 42.3 Å². The number of hydrogen-bond donors (Lipinski definition) is 1. The van der Waals surface area contributed by atoms with Crippen molar-refractivity contribution in [1.29, 1.82) is 0 Å². The second-order valence-electron chi connectivity index (χ2n) is 5.53. The van der Waals surface area contributed by atoms with Crippen LogP contribution in [0, 0.1) is 0 Å². The van der Waals surface area contributed by atoms with Crippen molar-refractivity contribution < 1.29 is 0 Å². The van der Waals surface area contributed by atoms with Gasteiger partial charge in [-0.1, -0.05) is 36.7 Å². The molecule has 0 unspecified atom stereocenters. The van der Waals surface area contributed by atoms with E-state index in [1.165, 1.54) is 11.3 Å². The average molecular weight is 338 g/mol. The van der Waals surface area contributed by atoms with Crippen LogP contribution in [0.1, 0.15) is 39.4 Å². The van der Waals surface area contributed by atoms with E-state index >= 15 is 0 Å². The van der Waals surface area contributed by atoms with Gasteiger partial charge >= 0.3 is 0 Å². The normalized spacial score (nSPS) is 11.7. The molecular weight excluding hydrogens is 314 g/mol. The molecule has 3 nitrogen and oxygen atoms in total. The van der Waals surface area contributed by atoms with Crippen LogP contribution in [0.3, 0.4) is 0 Å². The highest BCUT2D eigenvalue weighted by molar-refractivity contribution is 9.10. The van der Waals surface area contributed by atoms with Crippen molar-refractivity contribution in [2.45, 2.75) is 52.6 Å². The summed E-state index contributed by atoms with van der Waals surface area (Å²) in [5.74, 6) is 1.21. The van der Waals surface area contributed by atoms with Crippen molar-refractivity contribution >= 4 is 27.0 Å². The number of nitrogens with zero attached hydrogens (tertiary/aromatic N) is 2. The highest BCUT2D eigenvalue weighted by atomic mass is 79.9. The smallest absolute Gasteiger partial charge is 0.109 e. The topological polar surface area (TPSA) is 29.9 Å². The largest absolute Gasteiger partial charge is 0.328 e. The zero-order chi connectivity index (χ0) is 14.5. The van der Waals surface area contributed by atoms with Gasteiger partial charge in [-0.05, 0) is 37.6 Å². The molecule has 1 aromatic carbocycles. The third kappa shape index (κ3) is 3.83. The Bertz CT molecular complexity index is 560. The zero-order valence-electron chi connectivity index (χ0n) is 12.6. The lowest BCUT2D eigenvalue weighted by molar-refractivity contribution is 0.556. The van der Waals surface area contributed by atoms with Gasteiger partial charge in [-0.2, -0.15) is 0 Å². The van der Waals surface area contributed by atoms with Crippen molar-refractivity contribution in [3.05, 3.63) is 28.5 Å². The summed E-state index contributed by atoms with van der Waals surface area (Å²) in [5.41, 5.74) is 2.35. The predicted molar refractivity (Wildman–Crippen MR) is 89.2 cm³/mol. The molecule has 0 fully saturated rings. The molecule has 2 aromatic rings. The molecule has 2 rings (SSSR count). The van der Waals surface area contributed by atoms with Gasteiger partial charge in [-0.15, -0.1) is 0 Å². The van der Waals surface area contributed by atoms with Crippen LogP contribution in [0.2, 0.25) is 0 Å². The third-order valence-electron chi connectivity index (χ3n) is 3.37. The molecule has 110 valence electrons. The second-order valence-corrected chi connectivity index (χ2v) is 6.44. The maximum absolute atomic E-state index is 4.81. The molecule has 0 radical (unpaired) electrons. The lowest BCUT2D eigenvalue weighted by Gasteiger charge is -2.09. The van der Waals surface area contributed by atoms with E-state index in [1.807, 2.05) is 0 Å². The van der Waals surface area contributed by atoms with Crippen LogP contribution in [0.4, 0.5) is 0 Å². The second kappa shape index (κ2) is 7.23. The molecule has 0 saturated heterocycles. The van der Waals surface area contributed by atoms with Gasteiger partial charge in [0.25, 0.3) is 0 Å². The van der Waals surface area contributed by atoms with Crippen molar-refractivity contribution in [1.82, 2.24) is 14.9 Å². The molecule has 0 aliphatic heterocycles. The SMILES string of the molecule is CCCn1c(CCCNC(C)C)nc2cc(Br)ccc21. The molecule has 1 N–H and O–H groups in total. The molecule has 1 aromatic heterocycles.